The van der Waals surface area contributed by atoms with E-state index < -0.39 is 0 Å². The minimum absolute atomic E-state index is 0.205. The van der Waals surface area contributed by atoms with Crippen molar-refractivity contribution >= 4 is 17.7 Å². The summed E-state index contributed by atoms with van der Waals surface area (Å²) in [5.74, 6) is 1.93. The Morgan fingerprint density at radius 1 is 1.24 bits per heavy atom. The molecule has 3 heterocycles. The van der Waals surface area contributed by atoms with Gasteiger partial charge in [0, 0.05) is 24.9 Å². The molecule has 0 aromatic heterocycles. The van der Waals surface area contributed by atoms with Crippen molar-refractivity contribution in [2.75, 3.05) is 31.9 Å². The number of piperidine rings is 1. The van der Waals surface area contributed by atoms with Crippen molar-refractivity contribution in [1.29, 1.82) is 0 Å². The van der Waals surface area contributed by atoms with Gasteiger partial charge in [-0.2, -0.15) is 0 Å². The van der Waals surface area contributed by atoms with Crippen LogP contribution in [0.1, 0.15) is 39.5 Å². The highest BCUT2D eigenvalue weighted by Gasteiger charge is 2.51. The monoisotopic (exact) mass is 308 g/mol. The summed E-state index contributed by atoms with van der Waals surface area (Å²) in [5, 5.41) is 0. The van der Waals surface area contributed by atoms with E-state index in [1.807, 2.05) is 11.0 Å². The average Bonchev–Trinajstić information content (AvgIpc) is 2.89. The van der Waals surface area contributed by atoms with Crippen molar-refractivity contribution in [2.45, 2.75) is 50.3 Å². The van der Waals surface area contributed by atoms with Crippen LogP contribution in [0.2, 0.25) is 0 Å². The first kappa shape index (κ1) is 15.4. The van der Waals surface area contributed by atoms with E-state index in [9.17, 15) is 4.79 Å². The summed E-state index contributed by atoms with van der Waals surface area (Å²) in [5.41, 5.74) is 0. The van der Waals surface area contributed by atoms with Gasteiger partial charge in [0.25, 0.3) is 0 Å². The highest BCUT2D eigenvalue weighted by molar-refractivity contribution is 8.01. The molecule has 3 saturated heterocycles. The highest BCUT2D eigenvalue weighted by Crippen LogP contribution is 2.46. The quantitative estimate of drug-likeness (QED) is 0.749. The van der Waals surface area contributed by atoms with E-state index in [1.165, 1.54) is 44.5 Å². The molecule has 0 N–H and O–H groups in total. The minimum Gasteiger partial charge on any atom is -0.336 e. The molecule has 21 heavy (non-hydrogen) atoms. The second-order valence-corrected chi connectivity index (χ2v) is 8.73. The number of amides is 1. The number of carbonyl (C=O) groups is 1. The van der Waals surface area contributed by atoms with Crippen LogP contribution < -0.4 is 0 Å². The summed E-state index contributed by atoms with van der Waals surface area (Å²) in [6.07, 6.45) is 9.21. The Bertz CT molecular complexity index is 409. The van der Waals surface area contributed by atoms with E-state index in [1.54, 1.807) is 6.08 Å². The fourth-order valence-electron chi connectivity index (χ4n) is 3.74. The normalized spacial score (nSPS) is 29.5. The molecule has 1 spiro atoms. The zero-order valence-electron chi connectivity index (χ0n) is 13.4. The first-order valence-electron chi connectivity index (χ1n) is 8.43. The van der Waals surface area contributed by atoms with E-state index >= 15 is 0 Å². The Hall–Kier alpha value is -0.480. The molecule has 0 bridgehead atoms. The van der Waals surface area contributed by atoms with Gasteiger partial charge in [-0.15, -0.1) is 11.8 Å². The van der Waals surface area contributed by atoms with E-state index in [2.05, 4.69) is 30.5 Å². The SMILES string of the molecule is CC(C)/C=C/C(=O)N1CC2(CC(N3CCCCC3)CS2)C1. The van der Waals surface area contributed by atoms with Crippen LogP contribution in [0, 0.1) is 5.92 Å². The first-order valence-corrected chi connectivity index (χ1v) is 9.42. The maximum absolute atomic E-state index is 12.1. The van der Waals surface area contributed by atoms with Crippen molar-refractivity contribution < 1.29 is 4.79 Å². The molecule has 1 atom stereocenters. The number of allylic oxidation sites excluding steroid dienone is 1. The van der Waals surface area contributed by atoms with Crippen LogP contribution in [-0.4, -0.2) is 58.4 Å². The van der Waals surface area contributed by atoms with Crippen molar-refractivity contribution in [3.8, 4) is 0 Å². The summed E-state index contributed by atoms with van der Waals surface area (Å²) < 4.78 is 0.378. The third-order valence-corrected chi connectivity index (χ3v) is 6.58. The molecule has 3 rings (SSSR count). The van der Waals surface area contributed by atoms with Gasteiger partial charge >= 0.3 is 0 Å². The standard InChI is InChI=1S/C17H28N2OS/c1-14(2)6-7-16(20)19-12-17(13-19)10-15(11-21-17)18-8-4-3-5-9-18/h6-7,14-15H,3-5,8-13H2,1-2H3/b7-6+. The van der Waals surface area contributed by atoms with E-state index in [0.717, 1.165) is 19.1 Å². The maximum atomic E-state index is 12.1. The molecule has 0 aromatic carbocycles. The molecule has 118 valence electrons. The van der Waals surface area contributed by atoms with Gasteiger partial charge in [-0.1, -0.05) is 26.3 Å². The average molecular weight is 308 g/mol. The largest absolute Gasteiger partial charge is 0.336 e. The van der Waals surface area contributed by atoms with Crippen LogP contribution in [0.5, 0.6) is 0 Å². The summed E-state index contributed by atoms with van der Waals surface area (Å²) in [7, 11) is 0. The molecular formula is C17H28N2OS. The van der Waals surface area contributed by atoms with Gasteiger partial charge in [0.05, 0.1) is 4.75 Å². The van der Waals surface area contributed by atoms with Crippen LogP contribution in [-0.2, 0) is 4.79 Å². The number of carbonyl (C=O) groups excluding carboxylic acids is 1. The van der Waals surface area contributed by atoms with Gasteiger partial charge in [0.15, 0.2) is 0 Å². The summed E-state index contributed by atoms with van der Waals surface area (Å²) in [4.78, 5) is 16.8. The zero-order chi connectivity index (χ0) is 14.9. The number of hydrogen-bond donors (Lipinski definition) is 0. The smallest absolute Gasteiger partial charge is 0.246 e. The van der Waals surface area contributed by atoms with Gasteiger partial charge < -0.3 is 4.90 Å². The Morgan fingerprint density at radius 3 is 2.62 bits per heavy atom. The van der Waals surface area contributed by atoms with Crippen molar-refractivity contribution in [2.24, 2.45) is 5.92 Å². The minimum atomic E-state index is 0.205. The number of nitrogens with zero attached hydrogens (tertiary/aromatic N) is 2. The molecule has 1 amide bonds. The third-order valence-electron chi connectivity index (χ3n) is 4.99. The molecule has 1 unspecified atom stereocenters. The topological polar surface area (TPSA) is 23.6 Å². The summed E-state index contributed by atoms with van der Waals surface area (Å²) >= 11 is 2.12. The zero-order valence-corrected chi connectivity index (χ0v) is 14.2. The first-order chi connectivity index (χ1) is 10.1. The predicted molar refractivity (Wildman–Crippen MR) is 89.6 cm³/mol. The van der Waals surface area contributed by atoms with E-state index in [-0.39, 0.29) is 5.91 Å². The van der Waals surface area contributed by atoms with Gasteiger partial charge in [-0.05, 0) is 44.3 Å². The highest BCUT2D eigenvalue weighted by atomic mass is 32.2. The Morgan fingerprint density at radius 2 is 1.95 bits per heavy atom. The molecular weight excluding hydrogens is 280 g/mol. The molecule has 3 fully saturated rings. The fourth-order valence-corrected chi connectivity index (χ4v) is 5.42. The Balaban J connectivity index is 1.48. The molecule has 4 heteroatoms. The van der Waals surface area contributed by atoms with Crippen molar-refractivity contribution in [1.82, 2.24) is 9.80 Å². The fraction of sp³-hybridized carbons (Fsp3) is 0.824. The van der Waals surface area contributed by atoms with Crippen molar-refractivity contribution in [3.05, 3.63) is 12.2 Å². The summed E-state index contributed by atoms with van der Waals surface area (Å²) in [6, 6.07) is 0.763. The number of likely N-dealkylation sites (tertiary alicyclic amines) is 2. The molecule has 3 aliphatic heterocycles. The van der Waals surface area contributed by atoms with Crippen LogP contribution in [0.4, 0.5) is 0 Å². The van der Waals surface area contributed by atoms with Crippen LogP contribution in [0.15, 0.2) is 12.2 Å². The number of hydrogen-bond acceptors (Lipinski definition) is 3. The van der Waals surface area contributed by atoms with Crippen LogP contribution in [0.3, 0.4) is 0 Å². The number of rotatable bonds is 3. The van der Waals surface area contributed by atoms with Crippen LogP contribution in [0.25, 0.3) is 0 Å². The van der Waals surface area contributed by atoms with Gasteiger partial charge in [-0.25, -0.2) is 0 Å². The van der Waals surface area contributed by atoms with E-state index in [4.69, 9.17) is 0 Å². The Kier molecular flexibility index (Phi) is 4.65. The molecule has 0 saturated carbocycles. The predicted octanol–water partition coefficient (Wildman–Crippen LogP) is 2.77. The summed E-state index contributed by atoms with van der Waals surface area (Å²) in [6.45, 7) is 8.73. The number of thioether (sulfide) groups is 1. The van der Waals surface area contributed by atoms with Crippen molar-refractivity contribution in [3.63, 3.8) is 0 Å². The molecule has 0 radical (unpaired) electrons. The van der Waals surface area contributed by atoms with Gasteiger partial charge in [0.2, 0.25) is 5.91 Å². The van der Waals surface area contributed by atoms with Gasteiger partial charge in [-0.3, -0.25) is 9.69 Å². The lowest BCUT2D eigenvalue weighted by Crippen LogP contribution is -2.60. The van der Waals surface area contributed by atoms with E-state index in [0.29, 0.717) is 10.7 Å². The molecule has 0 aromatic rings. The Labute approximate surface area is 133 Å². The lowest BCUT2D eigenvalue weighted by molar-refractivity contribution is -0.131. The lowest BCUT2D eigenvalue weighted by atomic mass is 9.90. The molecule has 0 aliphatic carbocycles. The third kappa shape index (κ3) is 3.48. The second kappa shape index (κ2) is 6.33. The molecule has 3 nitrogen and oxygen atoms in total. The molecule has 3 aliphatic rings. The lowest BCUT2D eigenvalue weighted by Gasteiger charge is -2.47. The maximum Gasteiger partial charge on any atom is 0.246 e. The van der Waals surface area contributed by atoms with Crippen LogP contribution >= 0.6 is 11.8 Å². The second-order valence-electron chi connectivity index (χ2n) is 7.25. The van der Waals surface area contributed by atoms with Gasteiger partial charge in [0.1, 0.15) is 0 Å².